The van der Waals surface area contributed by atoms with Gasteiger partial charge in [-0.1, -0.05) is 161 Å². The number of ether oxygens (including phenoxy) is 2. The van der Waals surface area contributed by atoms with Gasteiger partial charge in [0.15, 0.2) is 0 Å². The molecule has 8 amide bonds. The van der Waals surface area contributed by atoms with Crippen LogP contribution in [0.25, 0.3) is 21.5 Å². The van der Waals surface area contributed by atoms with Crippen LogP contribution >= 0.6 is 12.2 Å². The smallest absolute Gasteiger partial charge is 0.326 e. The van der Waals surface area contributed by atoms with E-state index < -0.39 is 143 Å². The van der Waals surface area contributed by atoms with Gasteiger partial charge in [-0.2, -0.15) is 0 Å². The Morgan fingerprint density at radius 2 is 0.973 bits per heavy atom. The molecule has 8 aromatic rings. The molecule has 113 heavy (non-hydrogen) atoms. The van der Waals surface area contributed by atoms with Crippen LogP contribution in [-0.4, -0.2) is 197 Å². The third-order valence-corrected chi connectivity index (χ3v) is 21.5. The van der Waals surface area contributed by atoms with Crippen molar-refractivity contribution < 1.29 is 62.6 Å². The summed E-state index contributed by atoms with van der Waals surface area (Å²) in [4.78, 5) is 142. The van der Waals surface area contributed by atoms with Gasteiger partial charge in [0, 0.05) is 32.4 Å². The van der Waals surface area contributed by atoms with Gasteiger partial charge in [-0.25, -0.2) is 14.2 Å². The third kappa shape index (κ3) is 19.5. The molecular weight excluding hydrogens is 1470 g/mol. The van der Waals surface area contributed by atoms with E-state index in [-0.39, 0.29) is 70.0 Å². The van der Waals surface area contributed by atoms with Gasteiger partial charge < -0.3 is 77.1 Å². The maximum Gasteiger partial charge on any atom is 0.326 e. The standard InChI is InChI=1S/C81H98N18O13S/c1-45(82-9)70(100)88-67(80(3,4)5)76(106)96-33-31-63-65(96)74(104)85-60(39-49-19-25-51-15-11-13-17-53(51)35-49)72(102)84-59(69-90-79(113)112-93-69)37-47-21-27-57(28-22-47)110-43-55-41-99(95-91-55)64-32-34-97(77(107)68(81(6,7)8)89-71(101)46(2)83-10)66(64)75(105)86-61(40-50-20-26-52-16-12-14-18-54(52)36-50)73(103)87-62(78(108)109)38-48-23-29-58(30-24-48)111-44-56-42-98(63)94-92-56/h11-30,35-36,41-42,45-46,59-69,82-83,93H,31-34,37-40,43-44H2,1-10H3,(H,84,102)(H,85,104)(H,86,105)(H,87,103)(H,88,100)(H,89,101)(H,90,113)(H,108,109)/t45-,46-,59-,60-,61-,62+,63+,64+,65-,66-,67+,68+,69?/m0/s1. The summed E-state index contributed by atoms with van der Waals surface area (Å²) in [6, 6.07) is 27.2. The summed E-state index contributed by atoms with van der Waals surface area (Å²) >= 11 is 5.42. The van der Waals surface area contributed by atoms with E-state index in [9.17, 15) is 19.5 Å². The van der Waals surface area contributed by atoms with Crippen molar-refractivity contribution in [2.45, 2.75) is 186 Å². The van der Waals surface area contributed by atoms with Crippen LogP contribution in [0.3, 0.4) is 0 Å². The molecular formula is C81H98N18O13S. The van der Waals surface area contributed by atoms with E-state index in [0.717, 1.165) is 27.1 Å². The number of rotatable bonds is 14. The van der Waals surface area contributed by atoms with Crippen molar-refractivity contribution in [1.82, 2.24) is 93.1 Å². The number of carboxylic acids is 1. The Bertz CT molecular complexity index is 4830. The SMILES string of the molecule is CN[C@@H](C)C(=O)N[C@H](C(=O)N1CC[C@@H]2[C@H]1C(=O)N[C@@H](Cc1ccc3ccccc3c1)C(=O)N[C@H](C1NOC(=S)N1)Cc1ccc(cc1)OCc1cn(nn1)[C@@H]1CCN(C(=O)[C@@H](NC(=O)[C@H](C)NC)C(C)(C)C)[C@@H]1C(=O)N[C@@H](Cc1ccc3ccccc3c1)C(=O)N[C@@H](C(=O)O)Cc1ccc(cc1)OCc1cn2nn1)C(C)(C)C. The second-order valence-electron chi connectivity index (χ2n) is 31.5. The van der Waals surface area contributed by atoms with Gasteiger partial charge in [0.25, 0.3) is 5.17 Å². The highest BCUT2D eigenvalue weighted by Gasteiger charge is 2.51. The maximum atomic E-state index is 15.8. The number of hydroxylamine groups is 1. The molecule has 2 aromatic heterocycles. The first-order chi connectivity index (χ1) is 54.0. The average Bonchev–Trinajstić information content (AvgIpc) is 1.64. The molecule has 7 aliphatic rings. The Labute approximate surface area is 659 Å². The fourth-order valence-electron chi connectivity index (χ4n) is 14.6. The van der Waals surface area contributed by atoms with Crippen molar-refractivity contribution >= 4 is 92.2 Å². The lowest BCUT2D eigenvalue weighted by Gasteiger charge is -2.37. The molecule has 3 saturated heterocycles. The Morgan fingerprint density at radius 1 is 0.549 bits per heavy atom. The van der Waals surface area contributed by atoms with Crippen LogP contribution in [0, 0.1) is 10.8 Å². The van der Waals surface area contributed by atoms with Crippen molar-refractivity contribution in [3.05, 3.63) is 179 Å². The molecule has 0 saturated carbocycles. The zero-order chi connectivity index (χ0) is 80.6. The number of carbonyl (C=O) groups excluding carboxylic acids is 8. The summed E-state index contributed by atoms with van der Waals surface area (Å²) in [6.45, 7) is 14.0. The minimum Gasteiger partial charge on any atom is -0.487 e. The topological polar surface area (TPSA) is 390 Å². The minimum absolute atomic E-state index is 0.0101. The summed E-state index contributed by atoms with van der Waals surface area (Å²) < 4.78 is 15.5. The van der Waals surface area contributed by atoms with E-state index in [1.807, 2.05) is 118 Å². The molecule has 1 unspecified atom stereocenters. The van der Waals surface area contributed by atoms with Crippen molar-refractivity contribution in [1.29, 1.82) is 0 Å². The molecule has 9 heterocycles. The number of likely N-dealkylation sites (tertiary alicyclic amines) is 2. The number of carboxylic acid groups (broad SMARTS) is 1. The van der Waals surface area contributed by atoms with Gasteiger partial charge in [0.05, 0.1) is 42.6 Å². The molecule has 6 aromatic carbocycles. The van der Waals surface area contributed by atoms with Crippen molar-refractivity contribution in [3.63, 3.8) is 0 Å². The number of aromatic nitrogens is 6. The molecule has 15 rings (SSSR count). The normalized spacial score (nSPS) is 22.7. The Morgan fingerprint density at radius 3 is 1.38 bits per heavy atom. The van der Waals surface area contributed by atoms with E-state index >= 15 is 28.8 Å². The zero-order valence-corrected chi connectivity index (χ0v) is 65.6. The molecule has 31 nitrogen and oxygen atoms in total. The molecule has 596 valence electrons. The molecule has 0 spiro atoms. The summed E-state index contributed by atoms with van der Waals surface area (Å²) in [5.41, 5.74) is 4.38. The van der Waals surface area contributed by atoms with Gasteiger partial charge in [-0.15, -0.1) is 15.7 Å². The third-order valence-electron chi connectivity index (χ3n) is 21.3. The van der Waals surface area contributed by atoms with Gasteiger partial charge in [0.2, 0.25) is 47.3 Å². The van der Waals surface area contributed by atoms with Gasteiger partial charge in [-0.05, 0) is 138 Å². The lowest BCUT2D eigenvalue weighted by atomic mass is 9.85. The summed E-state index contributed by atoms with van der Waals surface area (Å²) in [5.74, 6) is -5.45. The molecule has 0 radical (unpaired) electrons. The highest BCUT2D eigenvalue weighted by atomic mass is 32.1. The summed E-state index contributed by atoms with van der Waals surface area (Å²) in [6.07, 6.45) is 2.63. The van der Waals surface area contributed by atoms with E-state index in [1.54, 1.807) is 97.5 Å². The Balaban J connectivity index is 0.897. The van der Waals surface area contributed by atoms with Gasteiger partial charge in [-0.3, -0.25) is 38.4 Å². The number of nitrogens with zero attached hydrogens (tertiary/aromatic N) is 8. The number of hydrogen-bond acceptors (Lipinski definition) is 20. The number of likely N-dealkylation sites (N-methyl/N-ethyl adjacent to an activating group) is 2. The van der Waals surface area contributed by atoms with Crippen molar-refractivity contribution in [3.8, 4) is 11.5 Å². The minimum atomic E-state index is -1.53. The first-order valence-corrected chi connectivity index (χ1v) is 38.3. The predicted molar refractivity (Wildman–Crippen MR) is 422 cm³/mol. The van der Waals surface area contributed by atoms with E-state index in [1.165, 1.54) is 19.2 Å². The maximum absolute atomic E-state index is 15.8. The number of hydrogen-bond donors (Lipinski definition) is 11. The Kier molecular flexibility index (Phi) is 25.1. The Hall–Kier alpha value is -11.5. The number of amides is 8. The number of aliphatic carboxylic acids is 1. The lowest BCUT2D eigenvalue weighted by Crippen LogP contribution is -2.62. The average molecular weight is 1560 g/mol. The second-order valence-corrected chi connectivity index (χ2v) is 31.9. The quantitative estimate of drug-likeness (QED) is 0.0687. The van der Waals surface area contributed by atoms with Crippen molar-refractivity contribution in [2.24, 2.45) is 10.8 Å². The zero-order valence-electron chi connectivity index (χ0n) is 64.8. The molecule has 13 atom stereocenters. The monoisotopic (exact) mass is 1560 g/mol. The van der Waals surface area contributed by atoms with Gasteiger partial charge >= 0.3 is 5.97 Å². The van der Waals surface area contributed by atoms with Crippen LogP contribution in [0.5, 0.6) is 11.5 Å². The number of carbonyl (C=O) groups is 9. The summed E-state index contributed by atoms with van der Waals surface area (Å²) in [5, 5.41) is 59.2. The predicted octanol–water partition coefficient (Wildman–Crippen LogP) is 3.94. The van der Waals surface area contributed by atoms with Crippen LogP contribution in [0.4, 0.5) is 0 Å². The molecule has 8 bridgehead atoms. The van der Waals surface area contributed by atoms with Crippen LogP contribution in [-0.2, 0) is 86.9 Å². The molecule has 32 heteroatoms. The highest BCUT2D eigenvalue weighted by Crippen LogP contribution is 2.36. The van der Waals surface area contributed by atoms with Crippen LogP contribution < -0.4 is 62.8 Å². The van der Waals surface area contributed by atoms with E-state index in [4.69, 9.17) is 26.5 Å². The molecule has 3 fully saturated rings. The molecule has 0 aliphatic carbocycles. The first kappa shape index (κ1) is 81.0. The van der Waals surface area contributed by atoms with E-state index in [0.29, 0.717) is 39.6 Å². The van der Waals surface area contributed by atoms with Gasteiger partial charge in [0.1, 0.15) is 84.6 Å². The van der Waals surface area contributed by atoms with Crippen LogP contribution in [0.1, 0.15) is 114 Å². The van der Waals surface area contributed by atoms with Crippen LogP contribution in [0.15, 0.2) is 146 Å². The van der Waals surface area contributed by atoms with E-state index in [2.05, 4.69) is 74.0 Å². The molecule has 7 aliphatic heterocycles. The number of fused-ring (bicyclic) bond motifs is 2. The van der Waals surface area contributed by atoms with Crippen molar-refractivity contribution in [2.75, 3.05) is 27.2 Å². The summed E-state index contributed by atoms with van der Waals surface area (Å²) in [7, 11) is 3.25. The number of nitrogens with one attached hydrogen (secondary N) is 10. The fourth-order valence-corrected chi connectivity index (χ4v) is 14.8. The lowest BCUT2D eigenvalue weighted by molar-refractivity contribution is -0.145. The fraction of sp³-hybridized carbons (Fsp3) is 0.432. The second kappa shape index (κ2) is 35.1. The number of thiocarbonyl (C=S) groups is 1. The highest BCUT2D eigenvalue weighted by molar-refractivity contribution is 7.80. The number of benzene rings is 6. The van der Waals surface area contributed by atoms with Crippen LogP contribution in [0.2, 0.25) is 0 Å². The largest absolute Gasteiger partial charge is 0.487 e. The molecule has 11 N–H and O–H groups in total. The first-order valence-electron chi connectivity index (χ1n) is 37.9.